The van der Waals surface area contributed by atoms with E-state index in [-0.39, 0.29) is 75.6 Å². The maximum atomic E-state index is 13.8. The molecular weight excluding hydrogens is 630 g/mol. The lowest BCUT2D eigenvalue weighted by molar-refractivity contribution is 0.0695. The van der Waals surface area contributed by atoms with E-state index in [4.69, 9.17) is 24.7 Å². The third-order valence-corrected chi connectivity index (χ3v) is 6.78. The van der Waals surface area contributed by atoms with Crippen molar-refractivity contribution in [1.29, 1.82) is 0 Å². The number of benzene rings is 4. The van der Waals surface area contributed by atoms with Gasteiger partial charge in [0.1, 0.15) is 12.4 Å². The number of phenols is 1. The molecule has 0 atom stereocenters. The zero-order chi connectivity index (χ0) is 35.8. The number of nitrogens with two attached hydrogens (primary N) is 1. The highest BCUT2D eigenvalue weighted by atomic mass is 16.5. The molecule has 4 aromatic rings. The summed E-state index contributed by atoms with van der Waals surface area (Å²) in [6.45, 7) is 10.8. The molecule has 0 radical (unpaired) electrons. The molecule has 0 saturated carbocycles. The zero-order valence-electron chi connectivity index (χ0n) is 28.2. The number of nitrogens with one attached hydrogen (secondary N) is 2. The van der Waals surface area contributed by atoms with Gasteiger partial charge in [-0.1, -0.05) is 30.3 Å². The molecule has 0 aliphatic rings. The monoisotopic (exact) mass is 671 g/mol. The minimum Gasteiger partial charge on any atom is -0.504 e. The Kier molecular flexibility index (Phi) is 11.6. The van der Waals surface area contributed by atoms with Crippen molar-refractivity contribution in [2.75, 3.05) is 16.4 Å². The maximum absolute atomic E-state index is 13.8. The molecule has 12 nitrogen and oxygen atoms in total. The van der Waals surface area contributed by atoms with E-state index in [2.05, 4.69) is 10.6 Å². The van der Waals surface area contributed by atoms with Crippen LogP contribution >= 0.6 is 0 Å². The van der Waals surface area contributed by atoms with E-state index in [1.807, 2.05) is 44.2 Å². The van der Waals surface area contributed by atoms with Crippen LogP contribution in [0.15, 0.2) is 72.8 Å². The second kappa shape index (κ2) is 15.8. The minimum atomic E-state index is -1.16. The van der Waals surface area contributed by atoms with Gasteiger partial charge in [0.15, 0.2) is 23.0 Å². The lowest BCUT2D eigenvalue weighted by atomic mass is 10.1. The Balaban J connectivity index is 1.68. The SMILES string of the molecule is CC(C)Oc1cc(C(=O)O)ccc1NC(=O)c1ccc(NC(=O)c2ccc(N)c(OC(C)C)c2OCc2ccccc2)c(OC(C)C)c1O. The minimum absolute atomic E-state index is 0.0261. The topological polar surface area (TPSA) is 179 Å². The van der Waals surface area contributed by atoms with E-state index < -0.39 is 29.6 Å². The molecule has 6 N–H and O–H groups in total. The molecule has 0 unspecified atom stereocenters. The fourth-order valence-corrected chi connectivity index (χ4v) is 4.68. The summed E-state index contributed by atoms with van der Waals surface area (Å²) in [5.41, 5.74) is 7.59. The van der Waals surface area contributed by atoms with Crippen molar-refractivity contribution < 1.29 is 43.5 Å². The van der Waals surface area contributed by atoms with E-state index in [9.17, 15) is 24.6 Å². The molecule has 0 bridgehead atoms. The number of aromatic carboxylic acids is 1. The number of hydrogen-bond acceptors (Lipinski definition) is 9. The number of carboxylic acids is 1. The van der Waals surface area contributed by atoms with Gasteiger partial charge in [0.25, 0.3) is 11.8 Å². The molecule has 12 heteroatoms. The number of amides is 2. The van der Waals surface area contributed by atoms with Crippen LogP contribution in [0.1, 0.15) is 78.2 Å². The van der Waals surface area contributed by atoms with E-state index in [1.54, 1.807) is 33.8 Å². The highest BCUT2D eigenvalue weighted by Gasteiger charge is 2.26. The third-order valence-electron chi connectivity index (χ3n) is 6.78. The number of phenolic OH excluding ortho intramolecular Hbond substituents is 1. The van der Waals surface area contributed by atoms with Crippen molar-refractivity contribution in [3.05, 3.63) is 95.1 Å². The predicted octanol–water partition coefficient (Wildman–Crippen LogP) is 7.12. The number of anilines is 3. The molecule has 0 aliphatic heterocycles. The lowest BCUT2D eigenvalue weighted by Crippen LogP contribution is -2.19. The first-order valence-corrected chi connectivity index (χ1v) is 15.7. The van der Waals surface area contributed by atoms with E-state index >= 15 is 0 Å². The molecule has 0 aliphatic carbocycles. The molecule has 49 heavy (non-hydrogen) atoms. The molecule has 0 aromatic heterocycles. The lowest BCUT2D eigenvalue weighted by Gasteiger charge is -2.21. The van der Waals surface area contributed by atoms with Crippen LogP contribution in [0.5, 0.6) is 28.7 Å². The zero-order valence-corrected chi connectivity index (χ0v) is 28.2. The van der Waals surface area contributed by atoms with Crippen molar-refractivity contribution >= 4 is 34.8 Å². The van der Waals surface area contributed by atoms with Crippen LogP contribution < -0.4 is 35.3 Å². The molecule has 2 amide bonds. The highest BCUT2D eigenvalue weighted by molar-refractivity contribution is 6.11. The average molecular weight is 672 g/mol. The van der Waals surface area contributed by atoms with E-state index in [1.165, 1.54) is 36.4 Å². The van der Waals surface area contributed by atoms with Crippen molar-refractivity contribution in [2.45, 2.75) is 66.5 Å². The second-order valence-corrected chi connectivity index (χ2v) is 11.9. The van der Waals surface area contributed by atoms with Crippen molar-refractivity contribution in [2.24, 2.45) is 0 Å². The summed E-state index contributed by atoms with van der Waals surface area (Å²) in [6.07, 6.45) is -1.05. The number of aromatic hydroxyl groups is 1. The molecule has 4 aromatic carbocycles. The number of carboxylic acid groups (broad SMARTS) is 1. The van der Waals surface area contributed by atoms with Crippen LogP contribution in [0.3, 0.4) is 0 Å². The van der Waals surface area contributed by atoms with Crippen molar-refractivity contribution in [3.8, 4) is 28.7 Å². The Labute approximate surface area is 284 Å². The van der Waals surface area contributed by atoms with Gasteiger partial charge in [-0.2, -0.15) is 0 Å². The Hall–Kier alpha value is -5.91. The highest BCUT2D eigenvalue weighted by Crippen LogP contribution is 2.42. The first-order chi connectivity index (χ1) is 23.2. The number of hydrogen-bond donors (Lipinski definition) is 5. The second-order valence-electron chi connectivity index (χ2n) is 11.9. The van der Waals surface area contributed by atoms with Gasteiger partial charge in [0.05, 0.1) is 52.1 Å². The largest absolute Gasteiger partial charge is 0.504 e. The van der Waals surface area contributed by atoms with Crippen LogP contribution in [0, 0.1) is 0 Å². The van der Waals surface area contributed by atoms with Gasteiger partial charge in [0.2, 0.25) is 0 Å². The van der Waals surface area contributed by atoms with Gasteiger partial charge < -0.3 is 45.5 Å². The molecule has 258 valence electrons. The maximum Gasteiger partial charge on any atom is 0.335 e. The molecule has 0 spiro atoms. The first-order valence-electron chi connectivity index (χ1n) is 15.7. The van der Waals surface area contributed by atoms with E-state index in [0.29, 0.717) is 0 Å². The van der Waals surface area contributed by atoms with Crippen LogP contribution in [0.4, 0.5) is 17.1 Å². The number of nitrogen functional groups attached to an aromatic ring is 1. The number of carbonyl (C=O) groups excluding carboxylic acids is 2. The summed E-state index contributed by atoms with van der Waals surface area (Å²) in [6, 6.07) is 19.2. The molecule has 0 saturated heterocycles. The Morgan fingerprint density at radius 3 is 1.90 bits per heavy atom. The van der Waals surface area contributed by atoms with Crippen molar-refractivity contribution in [3.63, 3.8) is 0 Å². The standard InChI is InChI=1S/C37H41N3O9/c1-20(2)47-30-18-24(37(44)45)12-16-28(30)39-35(42)25-14-17-29(34(31(25)41)49-22(5)6)40-36(43)26-13-15-27(38)33(48-21(3)4)32(26)46-19-23-10-8-7-9-11-23/h7-18,20-22,41H,19,38H2,1-6H3,(H,39,42)(H,40,43)(H,44,45). The fourth-order valence-electron chi connectivity index (χ4n) is 4.68. The number of ether oxygens (including phenoxy) is 4. The summed E-state index contributed by atoms with van der Waals surface area (Å²) in [5.74, 6) is -2.69. The van der Waals surface area contributed by atoms with Crippen LogP contribution in [0.2, 0.25) is 0 Å². The molecular formula is C37H41N3O9. The van der Waals surface area contributed by atoms with Gasteiger partial charge >= 0.3 is 5.97 Å². The molecule has 0 heterocycles. The molecule has 0 fully saturated rings. The van der Waals surface area contributed by atoms with Gasteiger partial charge in [-0.25, -0.2) is 4.79 Å². The Morgan fingerprint density at radius 2 is 1.27 bits per heavy atom. The molecule has 4 rings (SSSR count). The number of carbonyl (C=O) groups is 3. The summed E-state index contributed by atoms with van der Waals surface area (Å²) in [5, 5.41) is 26.2. The van der Waals surface area contributed by atoms with Gasteiger partial charge in [0, 0.05) is 0 Å². The van der Waals surface area contributed by atoms with Crippen LogP contribution in [-0.4, -0.2) is 46.3 Å². The predicted molar refractivity (Wildman–Crippen MR) is 186 cm³/mol. The number of rotatable bonds is 14. The first kappa shape index (κ1) is 35.9. The quantitative estimate of drug-likeness (QED) is 0.0867. The summed E-state index contributed by atoms with van der Waals surface area (Å²) < 4.78 is 23.7. The summed E-state index contributed by atoms with van der Waals surface area (Å²) in [7, 11) is 0. The Morgan fingerprint density at radius 1 is 0.694 bits per heavy atom. The Bertz CT molecular complexity index is 1820. The summed E-state index contributed by atoms with van der Waals surface area (Å²) in [4.78, 5) is 38.8. The van der Waals surface area contributed by atoms with E-state index in [0.717, 1.165) is 5.56 Å². The van der Waals surface area contributed by atoms with Gasteiger partial charge in [-0.15, -0.1) is 0 Å². The van der Waals surface area contributed by atoms with Gasteiger partial charge in [-0.05, 0) is 89.6 Å². The normalized spacial score (nSPS) is 11.0. The van der Waals surface area contributed by atoms with Crippen LogP contribution in [-0.2, 0) is 6.61 Å². The average Bonchev–Trinajstić information content (AvgIpc) is 3.03. The smallest absolute Gasteiger partial charge is 0.335 e. The van der Waals surface area contributed by atoms with Crippen molar-refractivity contribution in [1.82, 2.24) is 0 Å². The fraction of sp³-hybridized carbons (Fsp3) is 0.270. The van der Waals surface area contributed by atoms with Crippen LogP contribution in [0.25, 0.3) is 0 Å². The van der Waals surface area contributed by atoms with Gasteiger partial charge in [-0.3, -0.25) is 9.59 Å². The summed E-state index contributed by atoms with van der Waals surface area (Å²) >= 11 is 0. The third kappa shape index (κ3) is 9.13.